The molecule has 0 amide bonds. The minimum absolute atomic E-state index is 0.493. The lowest BCUT2D eigenvalue weighted by Crippen LogP contribution is -2.38. The van der Waals surface area contributed by atoms with E-state index in [-0.39, 0.29) is 0 Å². The summed E-state index contributed by atoms with van der Waals surface area (Å²) in [5, 5.41) is 17.2. The van der Waals surface area contributed by atoms with Crippen LogP contribution in [0.3, 0.4) is 0 Å². The van der Waals surface area contributed by atoms with Gasteiger partial charge in [0.1, 0.15) is 5.69 Å². The Morgan fingerprint density at radius 1 is 1.08 bits per heavy atom. The van der Waals surface area contributed by atoms with E-state index in [0.29, 0.717) is 6.04 Å². The predicted octanol–water partition coefficient (Wildman–Crippen LogP) is 4.18. The van der Waals surface area contributed by atoms with Crippen LogP contribution in [0.4, 0.5) is 5.69 Å². The van der Waals surface area contributed by atoms with Crippen LogP contribution in [0.1, 0.15) is 18.4 Å². The summed E-state index contributed by atoms with van der Waals surface area (Å²) in [6.45, 7) is 4.27. The highest BCUT2D eigenvalue weighted by Crippen LogP contribution is 2.30. The molecule has 5 heteroatoms. The smallest absolute Gasteiger partial charge is 0.116 e. The van der Waals surface area contributed by atoms with Gasteiger partial charge in [-0.1, -0.05) is 12.1 Å². The van der Waals surface area contributed by atoms with Crippen LogP contribution in [0.15, 0.2) is 42.5 Å². The zero-order chi connectivity index (χ0) is 17.5. The number of aryl methyl sites for hydroxylation is 1. The molecule has 0 bridgehead atoms. The van der Waals surface area contributed by atoms with Crippen LogP contribution in [0, 0.1) is 6.92 Å². The molecule has 1 atom stereocenters. The van der Waals surface area contributed by atoms with Crippen molar-refractivity contribution in [2.75, 3.05) is 18.4 Å². The number of hydrogen-bond donors (Lipinski definition) is 4. The standard InChI is InChI=1S/C21H23N5/c1-13-4-5-14-10-20(24-19(14)9-13)21-17-11-15(6-7-18(17)25-26-21)23-16-3-2-8-22-12-16/h4-7,9-11,16,22-24H,2-3,8,12H2,1H3,(H,25,26)/t16-/m0/s1. The van der Waals surface area contributed by atoms with Crippen molar-refractivity contribution in [2.24, 2.45) is 0 Å². The van der Waals surface area contributed by atoms with Crippen molar-refractivity contribution in [1.82, 2.24) is 20.5 Å². The molecule has 1 aliphatic heterocycles. The van der Waals surface area contributed by atoms with Gasteiger partial charge in [-0.2, -0.15) is 5.10 Å². The molecular weight excluding hydrogens is 322 g/mol. The van der Waals surface area contributed by atoms with Crippen LogP contribution in [0.5, 0.6) is 0 Å². The molecule has 0 aliphatic carbocycles. The maximum absolute atomic E-state index is 4.57. The van der Waals surface area contributed by atoms with Crippen LogP contribution in [0.2, 0.25) is 0 Å². The number of fused-ring (bicyclic) bond motifs is 2. The highest BCUT2D eigenvalue weighted by Gasteiger charge is 2.15. The third-order valence-electron chi connectivity index (χ3n) is 5.26. The van der Waals surface area contributed by atoms with Crippen LogP contribution in [-0.4, -0.2) is 34.3 Å². The third kappa shape index (κ3) is 2.74. The molecule has 5 rings (SSSR count). The van der Waals surface area contributed by atoms with E-state index in [1.807, 2.05) is 0 Å². The van der Waals surface area contributed by atoms with Gasteiger partial charge in [0.05, 0.1) is 11.2 Å². The average Bonchev–Trinajstić information content (AvgIpc) is 3.25. The fraction of sp³-hybridized carbons (Fsp3) is 0.286. The Morgan fingerprint density at radius 2 is 2.04 bits per heavy atom. The number of piperidine rings is 1. The van der Waals surface area contributed by atoms with Gasteiger partial charge in [0.25, 0.3) is 0 Å². The average molecular weight is 345 g/mol. The number of aromatic nitrogens is 3. The molecule has 1 saturated heterocycles. The number of benzene rings is 2. The highest BCUT2D eigenvalue weighted by atomic mass is 15.1. The summed E-state index contributed by atoms with van der Waals surface area (Å²) in [7, 11) is 0. The topological polar surface area (TPSA) is 68.5 Å². The van der Waals surface area contributed by atoms with Gasteiger partial charge in [0, 0.05) is 34.6 Å². The van der Waals surface area contributed by atoms with Crippen molar-refractivity contribution in [3.05, 3.63) is 48.0 Å². The summed E-state index contributed by atoms with van der Waals surface area (Å²) in [4.78, 5) is 3.52. The minimum atomic E-state index is 0.493. The lowest BCUT2D eigenvalue weighted by molar-refractivity contribution is 0.480. The first-order valence-corrected chi connectivity index (χ1v) is 9.31. The number of anilines is 1. The van der Waals surface area contributed by atoms with E-state index in [4.69, 9.17) is 0 Å². The number of aromatic amines is 2. The fourth-order valence-electron chi connectivity index (χ4n) is 3.89. The molecule has 132 valence electrons. The Hall–Kier alpha value is -2.79. The van der Waals surface area contributed by atoms with E-state index < -0.39 is 0 Å². The van der Waals surface area contributed by atoms with E-state index in [9.17, 15) is 0 Å². The van der Waals surface area contributed by atoms with Gasteiger partial charge in [0.2, 0.25) is 0 Å². The Balaban J connectivity index is 1.53. The molecule has 0 radical (unpaired) electrons. The molecule has 2 aromatic carbocycles. The lowest BCUT2D eigenvalue weighted by Gasteiger charge is -2.24. The molecule has 1 aliphatic rings. The van der Waals surface area contributed by atoms with Crippen molar-refractivity contribution in [1.29, 1.82) is 0 Å². The Labute approximate surface area is 152 Å². The first-order valence-electron chi connectivity index (χ1n) is 9.31. The van der Waals surface area contributed by atoms with Crippen LogP contribution in [-0.2, 0) is 0 Å². The summed E-state index contributed by atoms with van der Waals surface area (Å²) < 4.78 is 0. The maximum atomic E-state index is 4.57. The van der Waals surface area contributed by atoms with Gasteiger partial charge in [-0.05, 0) is 62.2 Å². The second-order valence-corrected chi connectivity index (χ2v) is 7.29. The van der Waals surface area contributed by atoms with E-state index in [2.05, 4.69) is 75.2 Å². The molecule has 2 aromatic heterocycles. The van der Waals surface area contributed by atoms with Crippen molar-refractivity contribution >= 4 is 27.5 Å². The monoisotopic (exact) mass is 345 g/mol. The molecule has 4 N–H and O–H groups in total. The predicted molar refractivity (Wildman–Crippen MR) is 108 cm³/mol. The van der Waals surface area contributed by atoms with Gasteiger partial charge >= 0.3 is 0 Å². The number of rotatable bonds is 3. The summed E-state index contributed by atoms with van der Waals surface area (Å²) in [6.07, 6.45) is 2.44. The van der Waals surface area contributed by atoms with Gasteiger partial charge in [-0.3, -0.25) is 5.10 Å². The Morgan fingerprint density at radius 3 is 2.92 bits per heavy atom. The quantitative estimate of drug-likeness (QED) is 0.450. The van der Waals surface area contributed by atoms with E-state index in [0.717, 1.165) is 46.6 Å². The fourth-order valence-corrected chi connectivity index (χ4v) is 3.89. The molecule has 3 heterocycles. The molecule has 0 saturated carbocycles. The molecule has 0 spiro atoms. The van der Waals surface area contributed by atoms with Gasteiger partial charge in [-0.25, -0.2) is 0 Å². The zero-order valence-corrected chi connectivity index (χ0v) is 14.9. The van der Waals surface area contributed by atoms with Crippen LogP contribution < -0.4 is 10.6 Å². The van der Waals surface area contributed by atoms with Crippen molar-refractivity contribution in [3.63, 3.8) is 0 Å². The van der Waals surface area contributed by atoms with Crippen LogP contribution >= 0.6 is 0 Å². The van der Waals surface area contributed by atoms with Gasteiger partial charge in [-0.15, -0.1) is 0 Å². The largest absolute Gasteiger partial charge is 0.381 e. The normalized spacial score (nSPS) is 17.8. The summed E-state index contributed by atoms with van der Waals surface area (Å²) in [6, 6.07) is 15.6. The molecular formula is C21H23N5. The number of nitrogens with zero attached hydrogens (tertiary/aromatic N) is 1. The molecule has 26 heavy (non-hydrogen) atoms. The van der Waals surface area contributed by atoms with E-state index in [1.54, 1.807) is 0 Å². The second kappa shape index (κ2) is 6.18. The molecule has 1 fully saturated rings. The van der Waals surface area contributed by atoms with Crippen molar-refractivity contribution in [2.45, 2.75) is 25.8 Å². The summed E-state index contributed by atoms with van der Waals surface area (Å²) in [5.41, 5.74) is 6.64. The molecule has 0 unspecified atom stereocenters. The minimum Gasteiger partial charge on any atom is -0.381 e. The molecule has 4 aromatic rings. The third-order valence-corrected chi connectivity index (χ3v) is 5.26. The van der Waals surface area contributed by atoms with E-state index in [1.165, 1.54) is 23.8 Å². The Bertz CT molecular complexity index is 1070. The van der Waals surface area contributed by atoms with Crippen molar-refractivity contribution < 1.29 is 0 Å². The summed E-state index contributed by atoms with van der Waals surface area (Å²) >= 11 is 0. The highest BCUT2D eigenvalue weighted by molar-refractivity contribution is 5.97. The maximum Gasteiger partial charge on any atom is 0.116 e. The SMILES string of the molecule is Cc1ccc2cc(-c3n[nH]c4ccc(N[C@H]5CCCNC5)cc34)[nH]c2c1. The van der Waals surface area contributed by atoms with Crippen LogP contribution in [0.25, 0.3) is 33.2 Å². The summed E-state index contributed by atoms with van der Waals surface area (Å²) in [5.74, 6) is 0. The zero-order valence-electron chi connectivity index (χ0n) is 14.9. The Kier molecular flexibility index (Phi) is 3.68. The first kappa shape index (κ1) is 15.5. The van der Waals surface area contributed by atoms with E-state index >= 15 is 0 Å². The number of H-pyrrole nitrogens is 2. The first-order chi connectivity index (χ1) is 12.8. The van der Waals surface area contributed by atoms with Gasteiger partial charge < -0.3 is 15.6 Å². The van der Waals surface area contributed by atoms with Gasteiger partial charge in [0.15, 0.2) is 0 Å². The number of hydrogen-bond acceptors (Lipinski definition) is 3. The lowest BCUT2D eigenvalue weighted by atomic mass is 10.1. The number of nitrogens with one attached hydrogen (secondary N) is 4. The van der Waals surface area contributed by atoms with Crippen molar-refractivity contribution in [3.8, 4) is 11.4 Å². The second-order valence-electron chi connectivity index (χ2n) is 7.29. The molecule has 5 nitrogen and oxygen atoms in total.